The van der Waals surface area contributed by atoms with Crippen LogP contribution in [0.5, 0.6) is 0 Å². The first-order valence-electron chi connectivity index (χ1n) is 7.70. The molecule has 0 saturated carbocycles. The summed E-state index contributed by atoms with van der Waals surface area (Å²) in [7, 11) is 0. The molecule has 21 heavy (non-hydrogen) atoms. The average Bonchev–Trinajstić information content (AvgIpc) is 2.74. The number of hydrogen-bond acceptors (Lipinski definition) is 3. The average molecular weight is 310 g/mol. The van der Waals surface area contributed by atoms with E-state index in [1.54, 1.807) is 6.20 Å². The van der Waals surface area contributed by atoms with Crippen molar-refractivity contribution in [3.63, 3.8) is 0 Å². The molecule has 2 heterocycles. The lowest BCUT2D eigenvalue weighted by Gasteiger charge is -2.27. The molecule has 0 aromatic carbocycles. The normalized spacial score (nSPS) is 19.6. The van der Waals surface area contributed by atoms with Crippen molar-refractivity contribution in [3.8, 4) is 0 Å². The van der Waals surface area contributed by atoms with Crippen LogP contribution >= 0.6 is 11.8 Å². The van der Waals surface area contributed by atoms with Crippen LogP contribution in [0.1, 0.15) is 33.0 Å². The molecule has 1 saturated heterocycles. The number of aromatic nitrogens is 2. The fourth-order valence-corrected chi connectivity index (χ4v) is 3.56. The molecule has 2 amide bonds. The van der Waals surface area contributed by atoms with Gasteiger partial charge >= 0.3 is 6.03 Å². The van der Waals surface area contributed by atoms with Crippen LogP contribution < -0.4 is 5.32 Å². The number of carbonyl (C=O) groups is 1. The Kier molecular flexibility index (Phi) is 5.96. The largest absolute Gasteiger partial charge is 0.333 e. The second-order valence-electron chi connectivity index (χ2n) is 5.99. The van der Waals surface area contributed by atoms with Crippen LogP contribution in [0.25, 0.3) is 0 Å². The molecular formula is C15H26N4OS. The van der Waals surface area contributed by atoms with Crippen LogP contribution in [-0.2, 0) is 13.1 Å². The number of nitrogens with zero attached hydrogens (tertiary/aromatic N) is 3. The number of carbonyl (C=O) groups excluding carboxylic acids is 1. The predicted molar refractivity (Wildman–Crippen MR) is 87.4 cm³/mol. The van der Waals surface area contributed by atoms with E-state index in [9.17, 15) is 4.79 Å². The lowest BCUT2D eigenvalue weighted by molar-refractivity contribution is 0.182. The van der Waals surface area contributed by atoms with Gasteiger partial charge in [-0.2, -0.15) is 11.8 Å². The predicted octanol–water partition coefficient (Wildman–Crippen LogP) is 2.58. The van der Waals surface area contributed by atoms with Gasteiger partial charge < -0.3 is 14.8 Å². The zero-order valence-corrected chi connectivity index (χ0v) is 14.0. The van der Waals surface area contributed by atoms with E-state index in [1.807, 2.05) is 22.9 Å². The second-order valence-corrected chi connectivity index (χ2v) is 7.22. The topological polar surface area (TPSA) is 50.2 Å². The van der Waals surface area contributed by atoms with Gasteiger partial charge in [-0.3, -0.25) is 0 Å². The Morgan fingerprint density at radius 3 is 3.10 bits per heavy atom. The van der Waals surface area contributed by atoms with Crippen molar-refractivity contribution in [1.82, 2.24) is 19.8 Å². The van der Waals surface area contributed by atoms with Crippen molar-refractivity contribution >= 4 is 17.8 Å². The van der Waals surface area contributed by atoms with E-state index in [2.05, 4.69) is 35.6 Å². The monoisotopic (exact) mass is 310 g/mol. The third kappa shape index (κ3) is 4.66. The molecule has 0 unspecified atom stereocenters. The molecule has 0 radical (unpaired) electrons. The third-order valence-corrected chi connectivity index (χ3v) is 4.71. The highest BCUT2D eigenvalue weighted by atomic mass is 32.2. The minimum absolute atomic E-state index is 0.0316. The molecular weight excluding hydrogens is 284 g/mol. The highest BCUT2D eigenvalue weighted by molar-refractivity contribution is 7.99. The molecule has 1 N–H and O–H groups in total. The van der Waals surface area contributed by atoms with Gasteiger partial charge in [0.25, 0.3) is 0 Å². The number of hydrogen-bond donors (Lipinski definition) is 1. The van der Waals surface area contributed by atoms with Crippen molar-refractivity contribution in [1.29, 1.82) is 0 Å². The molecule has 1 fully saturated rings. The number of thioether (sulfide) groups is 1. The van der Waals surface area contributed by atoms with Crippen LogP contribution in [0, 0.1) is 5.92 Å². The maximum atomic E-state index is 12.4. The van der Waals surface area contributed by atoms with Gasteiger partial charge in [0.05, 0.1) is 6.54 Å². The van der Waals surface area contributed by atoms with Gasteiger partial charge in [-0.15, -0.1) is 0 Å². The first kappa shape index (κ1) is 16.2. The number of rotatable bonds is 4. The Morgan fingerprint density at radius 2 is 2.33 bits per heavy atom. The van der Waals surface area contributed by atoms with Crippen LogP contribution in [0.3, 0.4) is 0 Å². The summed E-state index contributed by atoms with van der Waals surface area (Å²) < 4.78 is 2.12. The maximum Gasteiger partial charge on any atom is 0.318 e. The molecule has 1 aliphatic heterocycles. The lowest BCUT2D eigenvalue weighted by atomic mass is 10.2. The van der Waals surface area contributed by atoms with Gasteiger partial charge in [0.1, 0.15) is 5.82 Å². The van der Waals surface area contributed by atoms with Gasteiger partial charge in [0.15, 0.2) is 0 Å². The van der Waals surface area contributed by atoms with E-state index >= 15 is 0 Å². The number of amides is 2. The summed E-state index contributed by atoms with van der Waals surface area (Å²) in [6.45, 7) is 8.75. The third-order valence-electron chi connectivity index (χ3n) is 3.71. The summed E-state index contributed by atoms with van der Waals surface area (Å²) in [6, 6.07) is 0.347. The standard InChI is InChI=1S/C15H26N4OS/c1-12(2)11-18-6-5-16-14(18)10-17-15(20)19-7-9-21-8-4-13(19)3/h5-6,12-13H,4,7-11H2,1-3H3,(H,17,20)/t13-/m0/s1. The minimum atomic E-state index is 0.0316. The summed E-state index contributed by atoms with van der Waals surface area (Å²) >= 11 is 1.93. The van der Waals surface area contributed by atoms with Crippen molar-refractivity contribution in [2.24, 2.45) is 5.92 Å². The number of urea groups is 1. The summed E-state index contributed by atoms with van der Waals surface area (Å²) in [5.41, 5.74) is 0. The lowest BCUT2D eigenvalue weighted by Crippen LogP contribution is -2.45. The van der Waals surface area contributed by atoms with Crippen molar-refractivity contribution in [2.75, 3.05) is 18.1 Å². The Hall–Kier alpha value is -1.17. The van der Waals surface area contributed by atoms with Crippen molar-refractivity contribution in [2.45, 2.75) is 46.3 Å². The van der Waals surface area contributed by atoms with Gasteiger partial charge in [0.2, 0.25) is 0 Å². The molecule has 0 spiro atoms. The molecule has 0 aliphatic carbocycles. The van der Waals surface area contributed by atoms with Crippen LogP contribution in [0.4, 0.5) is 4.79 Å². The van der Waals surface area contributed by atoms with Crippen LogP contribution in [-0.4, -0.2) is 44.6 Å². The van der Waals surface area contributed by atoms with Gasteiger partial charge in [-0.05, 0) is 25.0 Å². The summed E-state index contributed by atoms with van der Waals surface area (Å²) in [6.07, 6.45) is 4.85. The molecule has 1 aliphatic rings. The van der Waals surface area contributed by atoms with Crippen molar-refractivity contribution < 1.29 is 4.79 Å². The minimum Gasteiger partial charge on any atom is -0.333 e. The molecule has 1 atom stereocenters. The Morgan fingerprint density at radius 1 is 1.52 bits per heavy atom. The van der Waals surface area contributed by atoms with E-state index in [4.69, 9.17) is 0 Å². The molecule has 1 aromatic heterocycles. The molecule has 6 heteroatoms. The fourth-order valence-electron chi connectivity index (χ4n) is 2.52. The Balaban J connectivity index is 1.90. The summed E-state index contributed by atoms with van der Waals surface area (Å²) in [5.74, 6) is 3.66. The van der Waals surface area contributed by atoms with Gasteiger partial charge in [0, 0.05) is 37.3 Å². The van der Waals surface area contributed by atoms with Crippen LogP contribution in [0.2, 0.25) is 0 Å². The summed E-state index contributed by atoms with van der Waals surface area (Å²) in [4.78, 5) is 18.7. The van der Waals surface area contributed by atoms with E-state index in [-0.39, 0.29) is 6.03 Å². The van der Waals surface area contributed by atoms with E-state index < -0.39 is 0 Å². The quantitative estimate of drug-likeness (QED) is 0.930. The maximum absolute atomic E-state index is 12.4. The van der Waals surface area contributed by atoms with Gasteiger partial charge in [-0.1, -0.05) is 13.8 Å². The molecule has 118 valence electrons. The Bertz CT molecular complexity index is 460. The van der Waals surface area contributed by atoms with Crippen molar-refractivity contribution in [3.05, 3.63) is 18.2 Å². The first-order valence-corrected chi connectivity index (χ1v) is 8.85. The van der Waals surface area contributed by atoms with E-state index in [1.165, 1.54) is 0 Å². The molecule has 1 aromatic rings. The molecule has 2 rings (SSSR count). The first-order chi connectivity index (χ1) is 10.1. The summed E-state index contributed by atoms with van der Waals surface area (Å²) in [5, 5.41) is 3.02. The van der Waals surface area contributed by atoms with Crippen LogP contribution in [0.15, 0.2) is 12.4 Å². The highest BCUT2D eigenvalue weighted by Gasteiger charge is 2.22. The smallest absolute Gasteiger partial charge is 0.318 e. The molecule has 5 nitrogen and oxygen atoms in total. The number of imidazole rings is 1. The second kappa shape index (κ2) is 7.73. The van der Waals surface area contributed by atoms with E-state index in [0.29, 0.717) is 18.5 Å². The van der Waals surface area contributed by atoms with Gasteiger partial charge in [-0.25, -0.2) is 9.78 Å². The zero-order valence-electron chi connectivity index (χ0n) is 13.2. The molecule has 0 bridgehead atoms. The fraction of sp³-hybridized carbons (Fsp3) is 0.733. The Labute approximate surface area is 131 Å². The SMILES string of the molecule is CC(C)Cn1ccnc1CNC(=O)N1CCSCC[C@@H]1C. The number of nitrogens with one attached hydrogen (secondary N) is 1. The highest BCUT2D eigenvalue weighted by Crippen LogP contribution is 2.16. The zero-order chi connectivity index (χ0) is 15.2. The van der Waals surface area contributed by atoms with E-state index in [0.717, 1.165) is 36.8 Å².